The number of carbonyl (C=O) groups excluding carboxylic acids is 1. The monoisotopic (exact) mass is 446 g/mol. The number of halogens is 3. The second-order valence-electron chi connectivity index (χ2n) is 6.59. The van der Waals surface area contributed by atoms with E-state index < -0.39 is 44.7 Å². The largest absolute Gasteiger partial charge is 0.416 e. The molecule has 0 bridgehead atoms. The molecule has 0 aliphatic carbocycles. The summed E-state index contributed by atoms with van der Waals surface area (Å²) in [4.78, 5) is 33.0. The Morgan fingerprint density at radius 2 is 1.62 bits per heavy atom. The van der Waals surface area contributed by atoms with Crippen molar-refractivity contribution in [3.05, 3.63) is 109 Å². The van der Waals surface area contributed by atoms with Gasteiger partial charge in [0.05, 0.1) is 27.0 Å². The summed E-state index contributed by atoms with van der Waals surface area (Å²) in [5, 5.41) is 22.1. The molecule has 11 heteroatoms. The lowest BCUT2D eigenvalue weighted by atomic mass is 9.98. The number of alkyl halides is 3. The van der Waals surface area contributed by atoms with Crippen LogP contribution in [0, 0.1) is 20.2 Å². The van der Waals surface area contributed by atoms with E-state index in [0.29, 0.717) is 17.2 Å². The van der Waals surface area contributed by atoms with Crippen molar-refractivity contribution >= 4 is 17.3 Å². The molecule has 3 aromatic carbocycles. The Hall–Kier alpha value is -4.28. The van der Waals surface area contributed by atoms with E-state index in [4.69, 9.17) is 4.74 Å². The molecule has 0 spiro atoms. The summed E-state index contributed by atoms with van der Waals surface area (Å²) in [6.45, 7) is 0. The summed E-state index contributed by atoms with van der Waals surface area (Å²) in [6.07, 6.45) is -4.55. The van der Waals surface area contributed by atoms with Gasteiger partial charge >= 0.3 is 17.8 Å². The van der Waals surface area contributed by atoms with Gasteiger partial charge in [0.1, 0.15) is 0 Å². The highest BCUT2D eigenvalue weighted by Gasteiger charge is 2.30. The van der Waals surface area contributed by atoms with E-state index in [9.17, 15) is 38.2 Å². The number of non-ortho nitro benzene ring substituents is 1. The molecule has 3 rings (SSSR count). The van der Waals surface area contributed by atoms with E-state index in [1.54, 1.807) is 6.07 Å². The third kappa shape index (κ3) is 5.06. The van der Waals surface area contributed by atoms with Crippen LogP contribution in [0.15, 0.2) is 66.7 Å². The maximum absolute atomic E-state index is 13.0. The van der Waals surface area contributed by atoms with Crippen molar-refractivity contribution in [2.45, 2.75) is 12.6 Å². The van der Waals surface area contributed by atoms with Crippen LogP contribution >= 0.6 is 0 Å². The first-order valence-corrected chi connectivity index (χ1v) is 8.95. The Balaban J connectivity index is 1.90. The number of hydrogen-bond acceptors (Lipinski definition) is 6. The molecule has 0 saturated heterocycles. The van der Waals surface area contributed by atoms with E-state index in [1.165, 1.54) is 30.3 Å². The van der Waals surface area contributed by atoms with Gasteiger partial charge in [-0.2, -0.15) is 13.2 Å². The van der Waals surface area contributed by atoms with Crippen LogP contribution in [0.2, 0.25) is 0 Å². The number of nitro benzene ring substituents is 2. The van der Waals surface area contributed by atoms with E-state index in [0.717, 1.165) is 24.3 Å². The highest BCUT2D eigenvalue weighted by Crippen LogP contribution is 2.32. The van der Waals surface area contributed by atoms with Gasteiger partial charge < -0.3 is 4.74 Å². The number of ether oxygens (including phenoxy) is 1. The van der Waals surface area contributed by atoms with Gasteiger partial charge in [-0.3, -0.25) is 20.2 Å². The average molecular weight is 446 g/mol. The van der Waals surface area contributed by atoms with Crippen molar-refractivity contribution in [1.82, 2.24) is 0 Å². The number of carbonyl (C=O) groups is 1. The number of benzene rings is 3. The molecular formula is C21H13F3N2O6. The molecule has 0 radical (unpaired) electrons. The molecule has 3 aromatic rings. The summed E-state index contributed by atoms with van der Waals surface area (Å²) in [6, 6.07) is 13.1. The van der Waals surface area contributed by atoms with Gasteiger partial charge in [-0.05, 0) is 35.7 Å². The van der Waals surface area contributed by atoms with Crippen molar-refractivity contribution in [2.24, 2.45) is 0 Å². The average Bonchev–Trinajstić information content (AvgIpc) is 2.73. The van der Waals surface area contributed by atoms with E-state index in [1.807, 2.05) is 0 Å². The molecular weight excluding hydrogens is 433 g/mol. The topological polar surface area (TPSA) is 113 Å². The predicted molar refractivity (Wildman–Crippen MR) is 105 cm³/mol. The van der Waals surface area contributed by atoms with Gasteiger partial charge in [-0.1, -0.05) is 36.4 Å². The van der Waals surface area contributed by atoms with Crippen molar-refractivity contribution in [2.75, 3.05) is 0 Å². The van der Waals surface area contributed by atoms with Crippen LogP contribution in [0.25, 0.3) is 0 Å². The third-order valence-corrected chi connectivity index (χ3v) is 4.44. The molecule has 0 unspecified atom stereocenters. The van der Waals surface area contributed by atoms with E-state index in [2.05, 4.69) is 0 Å². The fraction of sp³-hybridized carbons (Fsp3) is 0.0952. The van der Waals surface area contributed by atoms with Gasteiger partial charge in [-0.15, -0.1) is 0 Å². The molecule has 0 saturated carbocycles. The number of hydrogen-bond donors (Lipinski definition) is 0. The Bertz CT molecular complexity index is 1210. The molecule has 164 valence electrons. The molecule has 0 fully saturated rings. The smallest absolute Gasteiger partial charge is 0.416 e. The van der Waals surface area contributed by atoms with Crippen LogP contribution in [-0.2, 0) is 12.6 Å². The Labute approximate surface area is 178 Å². The highest BCUT2D eigenvalue weighted by molar-refractivity contribution is 5.93. The van der Waals surface area contributed by atoms with Crippen LogP contribution in [0.3, 0.4) is 0 Å². The molecule has 0 aromatic heterocycles. The Morgan fingerprint density at radius 3 is 2.28 bits per heavy atom. The number of nitrogens with zero attached hydrogens (tertiary/aromatic N) is 2. The van der Waals surface area contributed by atoms with Crippen molar-refractivity contribution < 1.29 is 32.5 Å². The molecule has 8 nitrogen and oxygen atoms in total. The first-order valence-electron chi connectivity index (χ1n) is 8.95. The van der Waals surface area contributed by atoms with E-state index >= 15 is 0 Å². The first kappa shape index (κ1) is 22.4. The Morgan fingerprint density at radius 1 is 0.906 bits per heavy atom. The quantitative estimate of drug-likeness (QED) is 0.219. The minimum absolute atomic E-state index is 0.0161. The summed E-state index contributed by atoms with van der Waals surface area (Å²) in [7, 11) is 0. The maximum Gasteiger partial charge on any atom is 0.416 e. The molecule has 32 heavy (non-hydrogen) atoms. The summed E-state index contributed by atoms with van der Waals surface area (Å²) >= 11 is 0. The normalized spacial score (nSPS) is 11.1. The summed E-state index contributed by atoms with van der Waals surface area (Å²) in [5.74, 6) is -1.50. The molecule has 0 aliphatic rings. The van der Waals surface area contributed by atoms with Crippen LogP contribution in [-0.4, -0.2) is 15.8 Å². The molecule has 0 heterocycles. The van der Waals surface area contributed by atoms with Gasteiger partial charge in [-0.25, -0.2) is 4.79 Å². The molecule has 0 atom stereocenters. The summed E-state index contributed by atoms with van der Waals surface area (Å²) in [5.41, 5.74) is -1.55. The van der Waals surface area contributed by atoms with Crippen molar-refractivity contribution in [3.63, 3.8) is 0 Å². The SMILES string of the molecule is O=C(Oc1ccc([N+](=O)[O-])cc1[N+](=O)[O-])c1ccccc1Cc1cccc(C(F)(F)F)c1. The second kappa shape index (κ2) is 8.84. The number of nitro groups is 2. The summed E-state index contributed by atoms with van der Waals surface area (Å²) < 4.78 is 44.0. The van der Waals surface area contributed by atoms with Crippen LogP contribution in [0.4, 0.5) is 24.5 Å². The highest BCUT2D eigenvalue weighted by atomic mass is 19.4. The van der Waals surface area contributed by atoms with Crippen LogP contribution in [0.5, 0.6) is 5.75 Å². The Kier molecular flexibility index (Phi) is 6.19. The van der Waals surface area contributed by atoms with Gasteiger partial charge in [0.15, 0.2) is 0 Å². The van der Waals surface area contributed by atoms with Crippen LogP contribution in [0.1, 0.15) is 27.0 Å². The van der Waals surface area contributed by atoms with Gasteiger partial charge in [0.2, 0.25) is 5.75 Å². The number of rotatable bonds is 6. The molecule has 0 aliphatic heterocycles. The minimum Gasteiger partial charge on any atom is -0.416 e. The van der Waals surface area contributed by atoms with Crippen LogP contribution < -0.4 is 4.74 Å². The van der Waals surface area contributed by atoms with Crippen molar-refractivity contribution in [3.8, 4) is 5.75 Å². The zero-order valence-electron chi connectivity index (χ0n) is 16.0. The zero-order chi connectivity index (χ0) is 23.5. The fourth-order valence-corrected chi connectivity index (χ4v) is 2.95. The maximum atomic E-state index is 13.0. The third-order valence-electron chi connectivity index (χ3n) is 4.44. The lowest BCUT2D eigenvalue weighted by Gasteiger charge is -2.11. The van der Waals surface area contributed by atoms with Crippen molar-refractivity contribution in [1.29, 1.82) is 0 Å². The minimum atomic E-state index is -4.52. The first-order chi connectivity index (χ1) is 15.1. The second-order valence-corrected chi connectivity index (χ2v) is 6.59. The zero-order valence-corrected chi connectivity index (χ0v) is 16.0. The van der Waals surface area contributed by atoms with E-state index in [-0.39, 0.29) is 12.0 Å². The molecule has 0 N–H and O–H groups in total. The lowest BCUT2D eigenvalue weighted by molar-refractivity contribution is -0.394. The fourth-order valence-electron chi connectivity index (χ4n) is 2.95. The standard InChI is InChI=1S/C21H13F3N2O6/c22-21(23,24)15-6-3-4-13(11-15)10-14-5-1-2-7-17(14)20(27)32-19-9-8-16(25(28)29)12-18(19)26(30)31/h1-9,11-12H,10H2. The predicted octanol–water partition coefficient (Wildman–Crippen LogP) is 5.33. The number of esters is 1. The van der Waals surface area contributed by atoms with Gasteiger partial charge in [0, 0.05) is 6.07 Å². The van der Waals surface area contributed by atoms with Gasteiger partial charge in [0.25, 0.3) is 5.69 Å². The lowest BCUT2D eigenvalue weighted by Crippen LogP contribution is -2.13. The molecule has 0 amide bonds.